The first kappa shape index (κ1) is 15.3. The van der Waals surface area contributed by atoms with Gasteiger partial charge in [0.2, 0.25) is 0 Å². The summed E-state index contributed by atoms with van der Waals surface area (Å²) in [6.45, 7) is 9.75. The van der Waals surface area contributed by atoms with Crippen LogP contribution in [0.5, 0.6) is 0 Å². The van der Waals surface area contributed by atoms with Crippen LogP contribution in [-0.4, -0.2) is 16.5 Å². The Balaban J connectivity index is 2.24. The van der Waals surface area contributed by atoms with E-state index in [1.165, 1.54) is 37.8 Å². The van der Waals surface area contributed by atoms with Crippen LogP contribution in [-0.2, 0) is 0 Å². The molecular weight excluding hydrogens is 246 g/mol. The van der Waals surface area contributed by atoms with Crippen molar-refractivity contribution in [3.05, 3.63) is 17.6 Å². The number of rotatable bonds is 5. The smallest absolute Gasteiger partial charge is 0.134 e. The van der Waals surface area contributed by atoms with E-state index in [2.05, 4.69) is 39.1 Å². The summed E-state index contributed by atoms with van der Waals surface area (Å²) in [4.78, 5) is 9.63. The number of aromatic nitrogens is 2. The quantitative estimate of drug-likeness (QED) is 0.845. The van der Waals surface area contributed by atoms with E-state index in [0.29, 0.717) is 11.8 Å². The first-order chi connectivity index (χ1) is 9.63. The van der Waals surface area contributed by atoms with Crippen LogP contribution in [0.2, 0.25) is 0 Å². The van der Waals surface area contributed by atoms with Crippen LogP contribution in [0.25, 0.3) is 0 Å². The zero-order valence-corrected chi connectivity index (χ0v) is 13.4. The predicted octanol–water partition coefficient (Wildman–Crippen LogP) is 4.72. The molecule has 0 aromatic carbocycles. The van der Waals surface area contributed by atoms with Gasteiger partial charge in [0.1, 0.15) is 11.6 Å². The number of hydrogen-bond donors (Lipinski definition) is 1. The molecule has 20 heavy (non-hydrogen) atoms. The third-order valence-corrected chi connectivity index (χ3v) is 4.44. The predicted molar refractivity (Wildman–Crippen MR) is 85.3 cm³/mol. The van der Waals surface area contributed by atoms with Gasteiger partial charge in [0.25, 0.3) is 0 Å². The van der Waals surface area contributed by atoms with Crippen molar-refractivity contribution in [2.45, 2.75) is 71.6 Å². The zero-order chi connectivity index (χ0) is 14.5. The molecule has 1 aromatic rings. The van der Waals surface area contributed by atoms with Crippen LogP contribution in [0.4, 0.5) is 5.82 Å². The van der Waals surface area contributed by atoms with Gasteiger partial charge in [0.05, 0.1) is 0 Å². The SMILES string of the molecule is CCNc1cc(C(C)C)nc(C2CCCC(CC)C2)n1. The molecular formula is C17H29N3. The highest BCUT2D eigenvalue weighted by Crippen LogP contribution is 2.36. The van der Waals surface area contributed by atoms with Crippen molar-refractivity contribution in [1.82, 2.24) is 9.97 Å². The van der Waals surface area contributed by atoms with Crippen LogP contribution in [0.3, 0.4) is 0 Å². The monoisotopic (exact) mass is 275 g/mol. The summed E-state index contributed by atoms with van der Waals surface area (Å²) in [5.41, 5.74) is 1.17. The van der Waals surface area contributed by atoms with Crippen molar-refractivity contribution >= 4 is 5.82 Å². The van der Waals surface area contributed by atoms with Gasteiger partial charge in [-0.05, 0) is 31.6 Å². The molecule has 0 radical (unpaired) electrons. The lowest BCUT2D eigenvalue weighted by Gasteiger charge is -2.28. The number of nitrogens with zero attached hydrogens (tertiary/aromatic N) is 2. The summed E-state index contributed by atoms with van der Waals surface area (Å²) >= 11 is 0. The Hall–Kier alpha value is -1.12. The van der Waals surface area contributed by atoms with Gasteiger partial charge in [-0.3, -0.25) is 0 Å². The molecule has 1 aromatic heterocycles. The molecule has 3 heteroatoms. The first-order valence-corrected chi connectivity index (χ1v) is 8.26. The van der Waals surface area contributed by atoms with E-state index in [4.69, 9.17) is 9.97 Å². The summed E-state index contributed by atoms with van der Waals surface area (Å²) in [5.74, 6) is 3.96. The lowest BCUT2D eigenvalue weighted by atomic mass is 9.80. The molecule has 1 aliphatic carbocycles. The standard InChI is InChI=1S/C17H29N3/c1-5-13-8-7-9-14(10-13)17-19-15(12(3)4)11-16(20-17)18-6-2/h11-14H,5-10H2,1-4H3,(H,18,19,20). The second-order valence-corrected chi connectivity index (χ2v) is 6.36. The molecule has 1 N–H and O–H groups in total. The summed E-state index contributed by atoms with van der Waals surface area (Å²) in [6, 6.07) is 2.11. The van der Waals surface area contributed by atoms with Crippen LogP contribution in [0, 0.1) is 5.92 Å². The molecule has 3 nitrogen and oxygen atoms in total. The van der Waals surface area contributed by atoms with E-state index in [9.17, 15) is 0 Å². The van der Waals surface area contributed by atoms with Gasteiger partial charge in [-0.2, -0.15) is 0 Å². The van der Waals surface area contributed by atoms with Gasteiger partial charge < -0.3 is 5.32 Å². The third-order valence-electron chi connectivity index (χ3n) is 4.44. The fraction of sp³-hybridized carbons (Fsp3) is 0.765. The van der Waals surface area contributed by atoms with E-state index in [0.717, 1.165) is 24.1 Å². The molecule has 2 atom stereocenters. The van der Waals surface area contributed by atoms with E-state index in [1.807, 2.05) is 0 Å². The van der Waals surface area contributed by atoms with Gasteiger partial charge in [-0.15, -0.1) is 0 Å². The van der Waals surface area contributed by atoms with E-state index >= 15 is 0 Å². The fourth-order valence-electron chi connectivity index (χ4n) is 3.13. The van der Waals surface area contributed by atoms with Gasteiger partial charge in [-0.25, -0.2) is 9.97 Å². The molecule has 2 unspecified atom stereocenters. The molecule has 2 rings (SSSR count). The van der Waals surface area contributed by atoms with Crippen molar-refractivity contribution in [3.63, 3.8) is 0 Å². The average molecular weight is 275 g/mol. The summed E-state index contributed by atoms with van der Waals surface area (Å²) < 4.78 is 0. The highest BCUT2D eigenvalue weighted by Gasteiger charge is 2.25. The third kappa shape index (κ3) is 3.71. The van der Waals surface area contributed by atoms with Crippen LogP contribution < -0.4 is 5.32 Å². The van der Waals surface area contributed by atoms with Crippen molar-refractivity contribution in [1.29, 1.82) is 0 Å². The Morgan fingerprint density at radius 2 is 2.05 bits per heavy atom. The Kier molecular flexibility index (Phi) is 5.38. The Labute approximate surface area is 123 Å². The van der Waals surface area contributed by atoms with Gasteiger partial charge in [0, 0.05) is 24.2 Å². The second-order valence-electron chi connectivity index (χ2n) is 6.36. The highest BCUT2D eigenvalue weighted by atomic mass is 15.0. The van der Waals surface area contributed by atoms with Crippen molar-refractivity contribution in [2.75, 3.05) is 11.9 Å². The average Bonchev–Trinajstić information content (AvgIpc) is 2.47. The first-order valence-electron chi connectivity index (χ1n) is 8.26. The fourth-order valence-corrected chi connectivity index (χ4v) is 3.13. The van der Waals surface area contributed by atoms with Gasteiger partial charge in [-0.1, -0.05) is 40.0 Å². The highest BCUT2D eigenvalue weighted by molar-refractivity contribution is 5.37. The van der Waals surface area contributed by atoms with Crippen LogP contribution in [0.1, 0.15) is 83.2 Å². The van der Waals surface area contributed by atoms with Gasteiger partial charge >= 0.3 is 0 Å². The Bertz CT molecular complexity index is 428. The molecule has 1 aliphatic rings. The van der Waals surface area contributed by atoms with Crippen molar-refractivity contribution < 1.29 is 0 Å². The Morgan fingerprint density at radius 3 is 2.70 bits per heavy atom. The van der Waals surface area contributed by atoms with E-state index in [1.54, 1.807) is 0 Å². The topological polar surface area (TPSA) is 37.8 Å². The number of hydrogen-bond acceptors (Lipinski definition) is 3. The summed E-state index contributed by atoms with van der Waals surface area (Å²) in [6.07, 6.45) is 6.53. The van der Waals surface area contributed by atoms with Crippen LogP contribution in [0.15, 0.2) is 6.07 Å². The molecule has 0 amide bonds. The Morgan fingerprint density at radius 1 is 1.25 bits per heavy atom. The maximum Gasteiger partial charge on any atom is 0.134 e. The lowest BCUT2D eigenvalue weighted by molar-refractivity contribution is 0.307. The molecule has 0 aliphatic heterocycles. The molecule has 1 fully saturated rings. The van der Waals surface area contributed by atoms with E-state index in [-0.39, 0.29) is 0 Å². The van der Waals surface area contributed by atoms with Gasteiger partial charge in [0.15, 0.2) is 0 Å². The number of nitrogens with one attached hydrogen (secondary N) is 1. The molecule has 112 valence electrons. The summed E-state index contributed by atoms with van der Waals surface area (Å²) in [5, 5.41) is 3.36. The maximum atomic E-state index is 4.86. The zero-order valence-electron chi connectivity index (χ0n) is 13.4. The minimum atomic E-state index is 0.458. The van der Waals surface area contributed by atoms with Crippen LogP contribution >= 0.6 is 0 Å². The maximum absolute atomic E-state index is 4.86. The summed E-state index contributed by atoms with van der Waals surface area (Å²) in [7, 11) is 0. The number of anilines is 1. The van der Waals surface area contributed by atoms with Crippen molar-refractivity contribution in [2.24, 2.45) is 5.92 Å². The molecule has 0 bridgehead atoms. The normalized spacial score (nSPS) is 23.1. The minimum Gasteiger partial charge on any atom is -0.370 e. The molecule has 1 saturated carbocycles. The molecule has 1 heterocycles. The molecule has 0 spiro atoms. The minimum absolute atomic E-state index is 0.458. The van der Waals surface area contributed by atoms with Crippen molar-refractivity contribution in [3.8, 4) is 0 Å². The van der Waals surface area contributed by atoms with E-state index < -0.39 is 0 Å². The molecule has 0 saturated heterocycles. The second kappa shape index (κ2) is 7.05. The lowest BCUT2D eigenvalue weighted by Crippen LogP contribution is -2.17. The largest absolute Gasteiger partial charge is 0.370 e.